The van der Waals surface area contributed by atoms with Crippen molar-refractivity contribution in [3.05, 3.63) is 54.1 Å². The molecule has 1 N–H and O–H groups in total. The number of anilines is 1. The van der Waals surface area contributed by atoms with Gasteiger partial charge in [-0.2, -0.15) is 4.98 Å². The molecule has 1 unspecified atom stereocenters. The second kappa shape index (κ2) is 9.80. The molecule has 1 aliphatic rings. The van der Waals surface area contributed by atoms with Gasteiger partial charge in [-0.25, -0.2) is 0 Å². The fraction of sp³-hybridized carbons (Fsp3) is 0.348. The minimum atomic E-state index is -0.453. The number of benzene rings is 2. The van der Waals surface area contributed by atoms with E-state index < -0.39 is 6.23 Å². The summed E-state index contributed by atoms with van der Waals surface area (Å²) in [6.45, 7) is 2.90. The van der Waals surface area contributed by atoms with Crippen LogP contribution in [-0.4, -0.2) is 28.0 Å². The predicted molar refractivity (Wildman–Crippen MR) is 120 cm³/mol. The lowest BCUT2D eigenvalue weighted by atomic mass is 10.1. The van der Waals surface area contributed by atoms with Gasteiger partial charge in [-0.05, 0) is 30.9 Å². The third-order valence-corrected chi connectivity index (χ3v) is 5.51. The Balaban J connectivity index is 1.66. The molecule has 0 saturated heterocycles. The third kappa shape index (κ3) is 4.51. The van der Waals surface area contributed by atoms with Gasteiger partial charge in [0.25, 0.3) is 0 Å². The topological polar surface area (TPSA) is 69.2 Å². The largest absolute Gasteiger partial charge is 0.493 e. The highest BCUT2D eigenvalue weighted by Crippen LogP contribution is 2.40. The van der Waals surface area contributed by atoms with E-state index in [0.29, 0.717) is 23.3 Å². The number of hydrogen-bond acceptors (Lipinski definition) is 7. The number of hydrogen-bond donors (Lipinski definition) is 1. The fourth-order valence-electron chi connectivity index (χ4n) is 3.41. The smallest absolute Gasteiger partial charge is 0.247 e. The summed E-state index contributed by atoms with van der Waals surface area (Å²) in [6, 6.07) is 16.0. The number of ether oxygens (including phenoxy) is 2. The monoisotopic (exact) mass is 422 g/mol. The van der Waals surface area contributed by atoms with E-state index in [-0.39, 0.29) is 0 Å². The molecule has 0 bridgehead atoms. The van der Waals surface area contributed by atoms with Crippen molar-refractivity contribution in [3.63, 3.8) is 0 Å². The Morgan fingerprint density at radius 2 is 1.87 bits per heavy atom. The number of thioether (sulfide) groups is 1. The Bertz CT molecular complexity index is 998. The first-order valence-corrected chi connectivity index (χ1v) is 11.6. The standard InChI is InChI=1S/C23H26N4O2S/c1-3-4-5-10-15-28-19-14-9-7-12-17(19)21-24-18-13-8-6-11-16(18)20-22(29-21)25-23(30-2)27-26-20/h6-9,11-14,21,24H,3-5,10,15H2,1-2H3. The normalized spacial score (nSPS) is 14.7. The predicted octanol–water partition coefficient (Wildman–Crippen LogP) is 5.72. The first-order valence-electron chi connectivity index (χ1n) is 10.3. The maximum Gasteiger partial charge on any atom is 0.247 e. The molecular formula is C23H26N4O2S. The van der Waals surface area contributed by atoms with Crippen LogP contribution in [0.5, 0.6) is 11.6 Å². The first-order chi connectivity index (χ1) is 14.8. The summed E-state index contributed by atoms with van der Waals surface area (Å²) in [6.07, 6.45) is 6.13. The minimum absolute atomic E-state index is 0.453. The molecule has 156 valence electrons. The lowest BCUT2D eigenvalue weighted by molar-refractivity contribution is 0.215. The van der Waals surface area contributed by atoms with Crippen LogP contribution in [0.1, 0.15) is 44.4 Å². The van der Waals surface area contributed by atoms with Crippen molar-refractivity contribution < 1.29 is 9.47 Å². The van der Waals surface area contributed by atoms with Crippen LogP contribution in [-0.2, 0) is 0 Å². The molecule has 0 aliphatic carbocycles. The molecule has 7 heteroatoms. The maximum absolute atomic E-state index is 6.34. The summed E-state index contributed by atoms with van der Waals surface area (Å²) in [5.74, 6) is 1.29. The fourth-order valence-corrected chi connectivity index (χ4v) is 3.71. The van der Waals surface area contributed by atoms with Crippen molar-refractivity contribution in [1.29, 1.82) is 0 Å². The van der Waals surface area contributed by atoms with Crippen LogP contribution in [0.2, 0.25) is 0 Å². The highest BCUT2D eigenvalue weighted by molar-refractivity contribution is 7.98. The highest BCUT2D eigenvalue weighted by Gasteiger charge is 2.27. The van der Waals surface area contributed by atoms with Crippen LogP contribution in [0.3, 0.4) is 0 Å². The lowest BCUT2D eigenvalue weighted by Crippen LogP contribution is -2.18. The third-order valence-electron chi connectivity index (χ3n) is 4.97. The number of unbranched alkanes of at least 4 members (excludes halogenated alkanes) is 3. The van der Waals surface area contributed by atoms with Gasteiger partial charge in [-0.15, -0.1) is 10.2 Å². The second-order valence-corrected chi connectivity index (χ2v) is 7.86. The Morgan fingerprint density at radius 3 is 2.73 bits per heavy atom. The molecule has 0 fully saturated rings. The molecule has 4 rings (SSSR count). The van der Waals surface area contributed by atoms with Gasteiger partial charge < -0.3 is 14.8 Å². The Kier molecular flexibility index (Phi) is 6.69. The summed E-state index contributed by atoms with van der Waals surface area (Å²) in [5, 5.41) is 12.7. The van der Waals surface area contributed by atoms with E-state index in [1.165, 1.54) is 31.0 Å². The summed E-state index contributed by atoms with van der Waals surface area (Å²) >= 11 is 1.44. The van der Waals surface area contributed by atoms with Gasteiger partial charge in [0.05, 0.1) is 12.2 Å². The molecule has 1 atom stereocenters. The van der Waals surface area contributed by atoms with Crippen LogP contribution in [0.25, 0.3) is 11.3 Å². The van der Waals surface area contributed by atoms with E-state index in [9.17, 15) is 0 Å². The Morgan fingerprint density at radius 1 is 1.03 bits per heavy atom. The summed E-state index contributed by atoms with van der Waals surface area (Å²) in [4.78, 5) is 4.58. The summed E-state index contributed by atoms with van der Waals surface area (Å²) in [5.41, 5.74) is 3.41. The molecular weight excluding hydrogens is 396 g/mol. The molecule has 1 aliphatic heterocycles. The minimum Gasteiger partial charge on any atom is -0.493 e. The van der Waals surface area contributed by atoms with Crippen LogP contribution >= 0.6 is 11.8 Å². The van der Waals surface area contributed by atoms with Crippen LogP contribution in [0, 0.1) is 0 Å². The molecule has 0 radical (unpaired) electrons. The van der Waals surface area contributed by atoms with Crippen molar-refractivity contribution in [2.24, 2.45) is 0 Å². The molecule has 0 saturated carbocycles. The van der Waals surface area contributed by atoms with Crippen molar-refractivity contribution in [1.82, 2.24) is 15.2 Å². The van der Waals surface area contributed by atoms with E-state index in [1.54, 1.807) is 0 Å². The van der Waals surface area contributed by atoms with E-state index in [2.05, 4.69) is 27.4 Å². The van der Waals surface area contributed by atoms with Crippen LogP contribution in [0.4, 0.5) is 5.69 Å². The lowest BCUT2D eigenvalue weighted by Gasteiger charge is -2.22. The van der Waals surface area contributed by atoms with E-state index in [0.717, 1.165) is 29.0 Å². The van der Waals surface area contributed by atoms with Gasteiger partial charge in [0.15, 0.2) is 5.69 Å². The number of nitrogens with zero attached hydrogens (tertiary/aromatic N) is 3. The van der Waals surface area contributed by atoms with Crippen molar-refractivity contribution in [3.8, 4) is 22.9 Å². The Labute approximate surface area is 181 Å². The molecule has 30 heavy (non-hydrogen) atoms. The zero-order valence-electron chi connectivity index (χ0n) is 17.3. The second-order valence-electron chi connectivity index (χ2n) is 7.09. The maximum atomic E-state index is 6.34. The van der Waals surface area contributed by atoms with Gasteiger partial charge in [0.1, 0.15) is 5.75 Å². The average Bonchev–Trinajstić information content (AvgIpc) is 2.95. The molecule has 0 spiro atoms. The van der Waals surface area contributed by atoms with E-state index in [1.807, 2.05) is 54.8 Å². The number of nitrogens with one attached hydrogen (secondary N) is 1. The Hall–Kier alpha value is -2.80. The first kappa shape index (κ1) is 20.5. The van der Waals surface area contributed by atoms with Crippen molar-refractivity contribution in [2.45, 2.75) is 44.0 Å². The van der Waals surface area contributed by atoms with Gasteiger partial charge >= 0.3 is 0 Å². The number of aromatic nitrogens is 3. The molecule has 3 aromatic rings. The van der Waals surface area contributed by atoms with Gasteiger partial charge in [-0.1, -0.05) is 68.3 Å². The zero-order valence-corrected chi connectivity index (χ0v) is 18.1. The molecule has 0 amide bonds. The number of rotatable bonds is 8. The van der Waals surface area contributed by atoms with Crippen LogP contribution < -0.4 is 14.8 Å². The molecule has 2 aromatic carbocycles. The van der Waals surface area contributed by atoms with Gasteiger partial charge in [0.2, 0.25) is 17.3 Å². The van der Waals surface area contributed by atoms with E-state index >= 15 is 0 Å². The zero-order chi connectivity index (χ0) is 20.8. The average molecular weight is 423 g/mol. The summed E-state index contributed by atoms with van der Waals surface area (Å²) in [7, 11) is 0. The molecule has 2 heterocycles. The quantitative estimate of drug-likeness (QED) is 0.367. The van der Waals surface area contributed by atoms with E-state index in [4.69, 9.17) is 9.47 Å². The SMILES string of the molecule is CCCCCCOc1ccccc1C1Nc2ccccc2-c2nnc(SC)nc2O1. The summed E-state index contributed by atoms with van der Waals surface area (Å²) < 4.78 is 12.5. The van der Waals surface area contributed by atoms with Gasteiger partial charge in [0, 0.05) is 11.3 Å². The van der Waals surface area contributed by atoms with Gasteiger partial charge in [-0.3, -0.25) is 0 Å². The number of para-hydroxylation sites is 2. The highest BCUT2D eigenvalue weighted by atomic mass is 32.2. The number of fused-ring (bicyclic) bond motifs is 3. The molecule has 1 aromatic heterocycles. The molecule has 6 nitrogen and oxygen atoms in total. The van der Waals surface area contributed by atoms with Crippen LogP contribution in [0.15, 0.2) is 53.7 Å². The van der Waals surface area contributed by atoms with Crippen molar-refractivity contribution in [2.75, 3.05) is 18.2 Å². The van der Waals surface area contributed by atoms with Crippen molar-refractivity contribution >= 4 is 17.4 Å².